The molecule has 1 aromatic carbocycles. The molecule has 0 amide bonds. The van der Waals surface area contributed by atoms with Crippen LogP contribution in [0.25, 0.3) is 0 Å². The second kappa shape index (κ2) is 7.36. The molecule has 23 heavy (non-hydrogen) atoms. The molecule has 0 saturated carbocycles. The summed E-state index contributed by atoms with van der Waals surface area (Å²) in [7, 11) is -1.79. The third kappa shape index (κ3) is 4.48. The van der Waals surface area contributed by atoms with Gasteiger partial charge in [0.05, 0.1) is 17.7 Å². The van der Waals surface area contributed by atoms with Crippen LogP contribution in [0.3, 0.4) is 0 Å². The van der Waals surface area contributed by atoms with Gasteiger partial charge in [0.1, 0.15) is 0 Å². The molecule has 0 aliphatic heterocycles. The van der Waals surface area contributed by atoms with Crippen molar-refractivity contribution in [3.8, 4) is 6.07 Å². The first-order chi connectivity index (χ1) is 10.6. The molecule has 2 nitrogen and oxygen atoms in total. The van der Waals surface area contributed by atoms with Gasteiger partial charge in [-0.1, -0.05) is 65.0 Å². The number of allylic oxidation sites excluding steroid dienone is 1. The fourth-order valence-corrected chi connectivity index (χ4v) is 3.08. The minimum absolute atomic E-state index is 0.182. The highest BCUT2D eigenvalue weighted by Gasteiger charge is 2.38. The Balaban J connectivity index is 2.94. The lowest BCUT2D eigenvalue weighted by atomic mass is 9.70. The van der Waals surface area contributed by atoms with E-state index < -0.39 is 13.7 Å². The van der Waals surface area contributed by atoms with Crippen molar-refractivity contribution in [3.63, 3.8) is 0 Å². The molecule has 0 N–H and O–H groups in total. The van der Waals surface area contributed by atoms with Gasteiger partial charge in [0.15, 0.2) is 0 Å². The summed E-state index contributed by atoms with van der Waals surface area (Å²) < 4.78 is 6.10. The van der Waals surface area contributed by atoms with Gasteiger partial charge in [-0.2, -0.15) is 5.26 Å². The van der Waals surface area contributed by atoms with E-state index in [1.807, 2.05) is 42.7 Å². The number of nitriles is 1. The molecule has 126 valence electrons. The predicted molar refractivity (Wildman–Crippen MR) is 101 cm³/mol. The van der Waals surface area contributed by atoms with Gasteiger partial charge in [-0.3, -0.25) is 0 Å². The first kappa shape index (κ1) is 19.5. The largest absolute Gasteiger partial charge is 0.549 e. The number of nitrogens with zero attached hydrogens (tertiary/aromatic N) is 1. The second-order valence-corrected chi connectivity index (χ2v) is 12.8. The van der Waals surface area contributed by atoms with Crippen LogP contribution in [0.15, 0.2) is 42.7 Å². The van der Waals surface area contributed by atoms with Crippen LogP contribution in [0.2, 0.25) is 18.1 Å². The van der Waals surface area contributed by atoms with Crippen LogP contribution >= 0.6 is 0 Å². The monoisotopic (exact) mass is 329 g/mol. The Hall–Kier alpha value is -1.53. The maximum absolute atomic E-state index is 9.87. The molecule has 0 bridgehead atoms. The van der Waals surface area contributed by atoms with E-state index in [1.165, 1.54) is 0 Å². The maximum Gasteiger partial charge on any atom is 0.249 e. The Morgan fingerprint density at radius 3 is 2.17 bits per heavy atom. The lowest BCUT2D eigenvalue weighted by Crippen LogP contribution is -2.39. The molecular weight excluding hydrogens is 298 g/mol. The number of hydrogen-bond donors (Lipinski definition) is 0. The highest BCUT2D eigenvalue weighted by atomic mass is 28.4. The van der Waals surface area contributed by atoms with E-state index in [2.05, 4.69) is 53.8 Å². The summed E-state index contributed by atoms with van der Waals surface area (Å²) in [6.07, 6.45) is 4.52. The molecule has 0 radical (unpaired) electrons. The summed E-state index contributed by atoms with van der Waals surface area (Å²) in [6.45, 7) is 15.4. The molecule has 0 aliphatic carbocycles. The van der Waals surface area contributed by atoms with Crippen molar-refractivity contribution in [2.24, 2.45) is 5.92 Å². The van der Waals surface area contributed by atoms with E-state index >= 15 is 0 Å². The summed E-state index contributed by atoms with van der Waals surface area (Å²) in [5.74, 6) is 0.229. The normalized spacial score (nSPS) is 15.4. The first-order valence-corrected chi connectivity index (χ1v) is 11.3. The summed E-state index contributed by atoms with van der Waals surface area (Å²) in [6, 6.07) is 12.6. The number of rotatable bonds is 6. The molecule has 0 fully saturated rings. The van der Waals surface area contributed by atoms with Gasteiger partial charge in [0.25, 0.3) is 0 Å². The molecule has 0 saturated heterocycles. The quantitative estimate of drug-likeness (QED) is 0.471. The van der Waals surface area contributed by atoms with Gasteiger partial charge in [-0.15, -0.1) is 0 Å². The minimum Gasteiger partial charge on any atom is -0.549 e. The fraction of sp³-hybridized carbons (Fsp3) is 0.550. The average Bonchev–Trinajstić information content (AvgIpc) is 2.47. The molecular formula is C20H31NOSi. The zero-order chi connectivity index (χ0) is 17.7. The van der Waals surface area contributed by atoms with Crippen LogP contribution in [-0.2, 0) is 9.84 Å². The summed E-state index contributed by atoms with van der Waals surface area (Å²) in [5, 5.41) is 10.1. The second-order valence-electron chi connectivity index (χ2n) is 8.06. The van der Waals surface area contributed by atoms with E-state index in [4.69, 9.17) is 4.43 Å². The smallest absolute Gasteiger partial charge is 0.249 e. The SMILES string of the molecule is CC(C)C(C#N)(C/C=C\O[Si](C)(C)C(C)(C)C)c1ccccc1. The molecule has 1 rings (SSSR count). The van der Waals surface area contributed by atoms with Gasteiger partial charge in [0, 0.05) is 0 Å². The van der Waals surface area contributed by atoms with Crippen molar-refractivity contribution in [2.75, 3.05) is 0 Å². The van der Waals surface area contributed by atoms with Crippen molar-refractivity contribution in [1.29, 1.82) is 5.26 Å². The van der Waals surface area contributed by atoms with Gasteiger partial charge >= 0.3 is 0 Å². The summed E-state index contributed by atoms with van der Waals surface area (Å²) >= 11 is 0. The van der Waals surface area contributed by atoms with E-state index in [0.29, 0.717) is 6.42 Å². The third-order valence-electron chi connectivity index (χ3n) is 5.18. The standard InChI is InChI=1S/C20H31NOSi/c1-17(2)20(16-21,18-12-9-8-10-13-18)14-11-15-22-23(6,7)19(3,4)5/h8-13,15,17H,14H2,1-7H3/b15-11-. The minimum atomic E-state index is -1.79. The Kier molecular flexibility index (Phi) is 6.24. The molecule has 0 spiro atoms. The van der Waals surface area contributed by atoms with Gasteiger partial charge in [0.2, 0.25) is 8.32 Å². The van der Waals surface area contributed by atoms with Crippen LogP contribution in [-0.4, -0.2) is 8.32 Å². The summed E-state index contributed by atoms with van der Waals surface area (Å²) in [5.41, 5.74) is 0.573. The maximum atomic E-state index is 9.87. The Morgan fingerprint density at radius 1 is 1.17 bits per heavy atom. The lowest BCUT2D eigenvalue weighted by Gasteiger charge is -2.35. The average molecular weight is 330 g/mol. The topological polar surface area (TPSA) is 33.0 Å². The highest BCUT2D eigenvalue weighted by molar-refractivity contribution is 6.74. The Morgan fingerprint density at radius 2 is 1.74 bits per heavy atom. The third-order valence-corrected chi connectivity index (χ3v) is 9.52. The van der Waals surface area contributed by atoms with Crippen LogP contribution in [0.5, 0.6) is 0 Å². The van der Waals surface area contributed by atoms with Gasteiger partial charge in [-0.25, -0.2) is 0 Å². The van der Waals surface area contributed by atoms with Crippen molar-refractivity contribution in [3.05, 3.63) is 48.2 Å². The van der Waals surface area contributed by atoms with Crippen LogP contribution in [0.4, 0.5) is 0 Å². The molecule has 1 aromatic rings. The van der Waals surface area contributed by atoms with Crippen LogP contribution < -0.4 is 0 Å². The molecule has 0 aliphatic rings. The first-order valence-electron chi connectivity index (χ1n) is 8.36. The van der Waals surface area contributed by atoms with Crippen molar-refractivity contribution in [1.82, 2.24) is 0 Å². The molecule has 0 aromatic heterocycles. The zero-order valence-electron chi connectivity index (χ0n) is 15.7. The van der Waals surface area contributed by atoms with E-state index in [1.54, 1.807) is 0 Å². The van der Waals surface area contributed by atoms with Crippen molar-refractivity contribution >= 4 is 8.32 Å². The lowest BCUT2D eigenvalue weighted by molar-refractivity contribution is 0.388. The zero-order valence-corrected chi connectivity index (χ0v) is 16.7. The van der Waals surface area contributed by atoms with Crippen LogP contribution in [0.1, 0.15) is 46.6 Å². The molecule has 0 heterocycles. The van der Waals surface area contributed by atoms with Gasteiger partial charge in [-0.05, 0) is 42.1 Å². The van der Waals surface area contributed by atoms with E-state index in [9.17, 15) is 5.26 Å². The molecule has 1 atom stereocenters. The highest BCUT2D eigenvalue weighted by Crippen LogP contribution is 2.38. The van der Waals surface area contributed by atoms with Crippen molar-refractivity contribution in [2.45, 2.75) is 64.6 Å². The summed E-state index contributed by atoms with van der Waals surface area (Å²) in [4.78, 5) is 0. The molecule has 1 unspecified atom stereocenters. The van der Waals surface area contributed by atoms with Gasteiger partial charge < -0.3 is 4.43 Å². The van der Waals surface area contributed by atoms with Crippen LogP contribution in [0, 0.1) is 17.2 Å². The number of hydrogen-bond acceptors (Lipinski definition) is 2. The molecule has 3 heteroatoms. The fourth-order valence-electron chi connectivity index (χ4n) is 2.29. The van der Waals surface area contributed by atoms with E-state index in [0.717, 1.165) is 5.56 Å². The predicted octanol–water partition coefficient (Wildman–Crippen LogP) is 6.03. The Bertz CT molecular complexity index is 564. The number of benzene rings is 1. The van der Waals surface area contributed by atoms with Crippen molar-refractivity contribution < 1.29 is 4.43 Å². The van der Waals surface area contributed by atoms with E-state index in [-0.39, 0.29) is 11.0 Å². The Labute approximate surface area is 143 Å².